The molecule has 1 aromatic carbocycles. The number of benzene rings is 1. The summed E-state index contributed by atoms with van der Waals surface area (Å²) in [5.41, 5.74) is 1.30. The molecule has 1 aliphatic heterocycles. The Hall–Kier alpha value is -0.890. The first-order valence-electron chi connectivity index (χ1n) is 5.17. The number of halogens is 1. The summed E-state index contributed by atoms with van der Waals surface area (Å²) in [7, 11) is 0. The maximum absolute atomic E-state index is 13.1. The largest absolute Gasteiger partial charge is 0.317 e. The quantitative estimate of drug-likeness (QED) is 0.722. The second kappa shape index (κ2) is 3.70. The van der Waals surface area contributed by atoms with Gasteiger partial charge in [-0.05, 0) is 49.0 Å². The Balaban J connectivity index is 2.28. The van der Waals surface area contributed by atoms with Gasteiger partial charge in [-0.2, -0.15) is 0 Å². The summed E-state index contributed by atoms with van der Waals surface area (Å²) in [6, 6.07) is 7.02. The molecular formula is C12H16FN. The van der Waals surface area contributed by atoms with Crippen LogP contribution in [0.1, 0.15) is 25.3 Å². The Morgan fingerprint density at radius 1 is 1.29 bits per heavy atom. The molecule has 1 aromatic rings. The fourth-order valence-corrected chi connectivity index (χ4v) is 2.13. The maximum atomic E-state index is 13.1. The Kier molecular flexibility index (Phi) is 2.55. The van der Waals surface area contributed by atoms with Crippen molar-refractivity contribution in [1.29, 1.82) is 0 Å². The van der Waals surface area contributed by atoms with Crippen LogP contribution in [-0.4, -0.2) is 13.1 Å². The van der Waals surface area contributed by atoms with Crippen LogP contribution in [0.4, 0.5) is 4.39 Å². The van der Waals surface area contributed by atoms with E-state index >= 15 is 0 Å². The van der Waals surface area contributed by atoms with Crippen LogP contribution >= 0.6 is 0 Å². The Morgan fingerprint density at radius 3 is 2.64 bits per heavy atom. The van der Waals surface area contributed by atoms with Gasteiger partial charge in [-0.3, -0.25) is 0 Å². The summed E-state index contributed by atoms with van der Waals surface area (Å²) in [4.78, 5) is 0. The van der Waals surface area contributed by atoms with Gasteiger partial charge in [0.25, 0.3) is 0 Å². The topological polar surface area (TPSA) is 12.0 Å². The van der Waals surface area contributed by atoms with Gasteiger partial charge >= 0.3 is 0 Å². The highest BCUT2D eigenvalue weighted by Crippen LogP contribution is 2.32. The normalized spacial score (nSPS) is 20.7. The van der Waals surface area contributed by atoms with Gasteiger partial charge in [0.05, 0.1) is 0 Å². The van der Waals surface area contributed by atoms with E-state index in [4.69, 9.17) is 0 Å². The fraction of sp³-hybridized carbons (Fsp3) is 0.500. The van der Waals surface area contributed by atoms with Crippen molar-refractivity contribution in [3.05, 3.63) is 35.6 Å². The molecule has 0 bridgehead atoms. The zero-order valence-electron chi connectivity index (χ0n) is 8.52. The molecule has 0 aromatic heterocycles. The highest BCUT2D eigenvalue weighted by molar-refractivity contribution is 5.25. The van der Waals surface area contributed by atoms with Crippen LogP contribution < -0.4 is 5.32 Å². The Morgan fingerprint density at radius 2 is 2.00 bits per heavy atom. The predicted molar refractivity (Wildman–Crippen MR) is 55.9 cm³/mol. The van der Waals surface area contributed by atoms with Crippen molar-refractivity contribution in [3.8, 4) is 0 Å². The van der Waals surface area contributed by atoms with E-state index in [-0.39, 0.29) is 11.2 Å². The fourth-order valence-electron chi connectivity index (χ4n) is 2.13. The van der Waals surface area contributed by atoms with Gasteiger partial charge in [-0.1, -0.05) is 19.1 Å². The molecule has 0 unspecified atom stereocenters. The summed E-state index contributed by atoms with van der Waals surface area (Å²) in [6.07, 6.45) is 2.19. The van der Waals surface area contributed by atoms with Crippen molar-refractivity contribution in [2.75, 3.05) is 13.1 Å². The molecule has 0 amide bonds. The third-order valence-electron chi connectivity index (χ3n) is 3.23. The number of piperidine rings is 1. The van der Waals surface area contributed by atoms with Crippen molar-refractivity contribution in [2.45, 2.75) is 25.2 Å². The molecule has 0 saturated carbocycles. The van der Waals surface area contributed by atoms with Gasteiger partial charge in [0.15, 0.2) is 0 Å². The first-order chi connectivity index (χ1) is 6.71. The second-order valence-electron chi connectivity index (χ2n) is 4.32. The monoisotopic (exact) mass is 193 g/mol. The lowest BCUT2D eigenvalue weighted by atomic mass is 9.75. The first-order valence-corrected chi connectivity index (χ1v) is 5.17. The van der Waals surface area contributed by atoms with E-state index in [9.17, 15) is 4.39 Å². The van der Waals surface area contributed by atoms with Crippen molar-refractivity contribution in [1.82, 2.24) is 5.32 Å². The summed E-state index contributed by atoms with van der Waals surface area (Å²) >= 11 is 0. The van der Waals surface area contributed by atoms with Gasteiger partial charge < -0.3 is 5.32 Å². The van der Waals surface area contributed by atoms with Crippen molar-refractivity contribution < 1.29 is 4.39 Å². The minimum absolute atomic E-state index is 0.123. The summed E-state index contributed by atoms with van der Waals surface area (Å²) in [6.45, 7) is 4.29. The zero-order chi connectivity index (χ0) is 10.0. The molecule has 0 atom stereocenters. The van der Waals surface area contributed by atoms with E-state index in [1.807, 2.05) is 6.07 Å². The average Bonchev–Trinajstić information content (AvgIpc) is 2.19. The highest BCUT2D eigenvalue weighted by atomic mass is 19.1. The number of hydrogen-bond acceptors (Lipinski definition) is 1. The molecule has 1 N–H and O–H groups in total. The van der Waals surface area contributed by atoms with E-state index in [1.165, 1.54) is 6.07 Å². The lowest BCUT2D eigenvalue weighted by molar-refractivity contribution is 0.334. The molecule has 1 nitrogen and oxygen atoms in total. The third kappa shape index (κ3) is 1.80. The SMILES string of the molecule is CC1(c2cccc(F)c2)CCNCC1. The summed E-state index contributed by atoms with van der Waals surface area (Å²) in [5, 5.41) is 3.33. The van der Waals surface area contributed by atoms with E-state index in [2.05, 4.69) is 12.2 Å². The average molecular weight is 193 g/mol. The van der Waals surface area contributed by atoms with Gasteiger partial charge in [0, 0.05) is 0 Å². The Bertz CT molecular complexity index is 316. The molecule has 0 radical (unpaired) electrons. The van der Waals surface area contributed by atoms with Gasteiger partial charge in [-0.25, -0.2) is 4.39 Å². The maximum Gasteiger partial charge on any atom is 0.123 e. The number of nitrogens with one attached hydrogen (secondary N) is 1. The first kappa shape index (κ1) is 9.66. The number of hydrogen-bond donors (Lipinski definition) is 1. The molecule has 1 fully saturated rings. The van der Waals surface area contributed by atoms with E-state index in [0.717, 1.165) is 31.5 Å². The van der Waals surface area contributed by atoms with Crippen LogP contribution in [0, 0.1) is 5.82 Å². The van der Waals surface area contributed by atoms with E-state index in [0.29, 0.717) is 0 Å². The van der Waals surface area contributed by atoms with Gasteiger partial charge in [0.1, 0.15) is 5.82 Å². The van der Waals surface area contributed by atoms with Crippen LogP contribution in [0.2, 0.25) is 0 Å². The molecule has 1 saturated heterocycles. The predicted octanol–water partition coefficient (Wildman–Crippen LogP) is 2.47. The lowest BCUT2D eigenvalue weighted by Crippen LogP contribution is -2.37. The minimum atomic E-state index is -0.123. The Labute approximate surface area is 84.3 Å². The molecule has 2 heteroatoms. The van der Waals surface area contributed by atoms with Crippen LogP contribution in [-0.2, 0) is 5.41 Å². The molecular weight excluding hydrogens is 177 g/mol. The van der Waals surface area contributed by atoms with Crippen LogP contribution in [0.25, 0.3) is 0 Å². The molecule has 2 rings (SSSR count). The van der Waals surface area contributed by atoms with Crippen molar-refractivity contribution in [2.24, 2.45) is 0 Å². The van der Waals surface area contributed by atoms with Crippen LogP contribution in [0.5, 0.6) is 0 Å². The molecule has 76 valence electrons. The minimum Gasteiger partial charge on any atom is -0.317 e. The smallest absolute Gasteiger partial charge is 0.123 e. The second-order valence-corrected chi connectivity index (χ2v) is 4.32. The third-order valence-corrected chi connectivity index (χ3v) is 3.23. The molecule has 1 aliphatic rings. The molecule has 14 heavy (non-hydrogen) atoms. The highest BCUT2D eigenvalue weighted by Gasteiger charge is 2.28. The molecule has 0 spiro atoms. The standard InChI is InChI=1S/C12H16FN/c1-12(5-7-14-8-6-12)10-3-2-4-11(13)9-10/h2-4,9,14H,5-8H2,1H3. The van der Waals surface area contributed by atoms with Crippen molar-refractivity contribution >= 4 is 0 Å². The van der Waals surface area contributed by atoms with E-state index < -0.39 is 0 Å². The zero-order valence-corrected chi connectivity index (χ0v) is 8.52. The van der Waals surface area contributed by atoms with Crippen LogP contribution in [0.15, 0.2) is 24.3 Å². The van der Waals surface area contributed by atoms with Crippen LogP contribution in [0.3, 0.4) is 0 Å². The van der Waals surface area contributed by atoms with Gasteiger partial charge in [-0.15, -0.1) is 0 Å². The summed E-state index contributed by atoms with van der Waals surface area (Å²) < 4.78 is 13.1. The van der Waals surface area contributed by atoms with Gasteiger partial charge in [0.2, 0.25) is 0 Å². The molecule has 0 aliphatic carbocycles. The number of rotatable bonds is 1. The van der Waals surface area contributed by atoms with E-state index in [1.54, 1.807) is 12.1 Å². The summed E-state index contributed by atoms with van der Waals surface area (Å²) in [5.74, 6) is -0.123. The van der Waals surface area contributed by atoms with Crippen molar-refractivity contribution in [3.63, 3.8) is 0 Å². The molecule has 1 heterocycles. The lowest BCUT2D eigenvalue weighted by Gasteiger charge is -2.34.